The zero-order chi connectivity index (χ0) is 22.0. The molecule has 1 atom stereocenters. The summed E-state index contributed by atoms with van der Waals surface area (Å²) in [5, 5.41) is 5.42. The Morgan fingerprint density at radius 2 is 1.97 bits per heavy atom. The number of carbonyl (C=O) groups is 2. The summed E-state index contributed by atoms with van der Waals surface area (Å²) < 4.78 is 38.1. The van der Waals surface area contributed by atoms with E-state index in [2.05, 4.69) is 10.6 Å². The van der Waals surface area contributed by atoms with E-state index in [9.17, 15) is 18.0 Å². The fourth-order valence-corrected chi connectivity index (χ4v) is 4.61. The molecule has 2 aromatic carbocycles. The van der Waals surface area contributed by atoms with Crippen molar-refractivity contribution in [3.05, 3.63) is 48.0 Å². The van der Waals surface area contributed by atoms with Crippen molar-refractivity contribution in [3.63, 3.8) is 0 Å². The van der Waals surface area contributed by atoms with Crippen LogP contribution in [0.2, 0.25) is 0 Å². The number of carbonyl (C=O) groups excluding carboxylic acids is 2. The second-order valence-electron chi connectivity index (χ2n) is 7.43. The molecular weight excluding hydrogens is 422 g/mol. The summed E-state index contributed by atoms with van der Waals surface area (Å²) >= 11 is 0. The minimum Gasteiger partial charge on any atom is -0.486 e. The summed E-state index contributed by atoms with van der Waals surface area (Å²) in [4.78, 5) is 23.9. The van der Waals surface area contributed by atoms with Gasteiger partial charge in [0, 0.05) is 19.2 Å². The van der Waals surface area contributed by atoms with Gasteiger partial charge in [0.25, 0.3) is 0 Å². The van der Waals surface area contributed by atoms with Gasteiger partial charge in [0.05, 0.1) is 18.0 Å². The van der Waals surface area contributed by atoms with Crippen LogP contribution in [0.3, 0.4) is 0 Å². The van der Waals surface area contributed by atoms with Gasteiger partial charge >= 0.3 is 0 Å². The number of nitrogens with zero attached hydrogens (tertiary/aromatic N) is 1. The van der Waals surface area contributed by atoms with E-state index in [-0.39, 0.29) is 36.6 Å². The standard InChI is InChI=1S/C21H23N3O6S/c1-24(31(27,28)16-7-8-17-14(10-16)6-9-20(25)23-17)12-21(26)22-11-15-13-29-18-4-2-3-5-19(18)30-15/h2-5,7-8,10,15H,6,9,11-13H2,1H3,(H,22,26)(H,23,25)/t15-/m0/s1. The van der Waals surface area contributed by atoms with Gasteiger partial charge in [-0.3, -0.25) is 9.59 Å². The Balaban J connectivity index is 1.34. The summed E-state index contributed by atoms with van der Waals surface area (Å²) in [7, 11) is -2.51. The minimum absolute atomic E-state index is 0.0818. The number of anilines is 1. The Kier molecular flexibility index (Phi) is 5.84. The van der Waals surface area contributed by atoms with E-state index in [4.69, 9.17) is 9.47 Å². The van der Waals surface area contributed by atoms with Crippen LogP contribution in [0, 0.1) is 0 Å². The van der Waals surface area contributed by atoms with Crippen molar-refractivity contribution in [2.75, 3.05) is 32.1 Å². The molecule has 0 unspecified atom stereocenters. The zero-order valence-corrected chi connectivity index (χ0v) is 17.8. The Morgan fingerprint density at radius 1 is 1.19 bits per heavy atom. The first-order valence-corrected chi connectivity index (χ1v) is 11.3. The molecular formula is C21H23N3O6S. The summed E-state index contributed by atoms with van der Waals surface area (Å²) in [6.45, 7) is 0.150. The van der Waals surface area contributed by atoms with Crippen molar-refractivity contribution in [2.24, 2.45) is 0 Å². The van der Waals surface area contributed by atoms with Gasteiger partial charge in [-0.15, -0.1) is 0 Å². The van der Waals surface area contributed by atoms with Crippen LogP contribution in [0.25, 0.3) is 0 Å². The normalized spacial score (nSPS) is 17.6. The molecule has 2 aliphatic rings. The molecule has 2 N–H and O–H groups in total. The molecule has 0 bridgehead atoms. The molecule has 31 heavy (non-hydrogen) atoms. The van der Waals surface area contributed by atoms with Gasteiger partial charge < -0.3 is 20.1 Å². The van der Waals surface area contributed by atoms with Crippen LogP contribution in [0.1, 0.15) is 12.0 Å². The Bertz CT molecular complexity index is 1120. The minimum atomic E-state index is -3.86. The van der Waals surface area contributed by atoms with Crippen molar-refractivity contribution < 1.29 is 27.5 Å². The fraction of sp³-hybridized carbons (Fsp3) is 0.333. The average Bonchev–Trinajstić information content (AvgIpc) is 2.77. The molecule has 0 spiro atoms. The first-order chi connectivity index (χ1) is 14.8. The van der Waals surface area contributed by atoms with E-state index in [1.807, 2.05) is 12.1 Å². The maximum absolute atomic E-state index is 12.9. The molecule has 0 fully saturated rings. The SMILES string of the molecule is CN(CC(=O)NC[C@H]1COc2ccccc2O1)S(=O)(=O)c1ccc2c(c1)CCC(=O)N2. The summed E-state index contributed by atoms with van der Waals surface area (Å²) in [5.74, 6) is 0.725. The Morgan fingerprint density at radius 3 is 2.77 bits per heavy atom. The molecule has 0 aromatic heterocycles. The van der Waals surface area contributed by atoms with E-state index >= 15 is 0 Å². The van der Waals surface area contributed by atoms with Crippen LogP contribution in [-0.4, -0.2) is 57.4 Å². The van der Waals surface area contributed by atoms with E-state index in [1.54, 1.807) is 24.3 Å². The van der Waals surface area contributed by atoms with E-state index in [0.717, 1.165) is 9.87 Å². The summed E-state index contributed by atoms with van der Waals surface area (Å²) in [6, 6.07) is 11.8. The van der Waals surface area contributed by atoms with Crippen molar-refractivity contribution in [2.45, 2.75) is 23.8 Å². The summed E-state index contributed by atoms with van der Waals surface area (Å²) in [6.07, 6.45) is 0.421. The number of amides is 2. The highest BCUT2D eigenvalue weighted by Crippen LogP contribution is 2.30. The maximum Gasteiger partial charge on any atom is 0.243 e. The number of hydrogen-bond donors (Lipinski definition) is 2. The molecule has 9 nitrogen and oxygen atoms in total. The number of ether oxygens (including phenoxy) is 2. The molecule has 2 amide bonds. The monoisotopic (exact) mass is 445 g/mol. The third-order valence-electron chi connectivity index (χ3n) is 5.14. The largest absolute Gasteiger partial charge is 0.486 e. The predicted octanol–water partition coefficient (Wildman–Crippen LogP) is 1.15. The molecule has 0 saturated carbocycles. The maximum atomic E-state index is 12.9. The fourth-order valence-electron chi connectivity index (χ4n) is 3.43. The van der Waals surface area contributed by atoms with Crippen molar-refractivity contribution in [3.8, 4) is 11.5 Å². The van der Waals surface area contributed by atoms with Crippen LogP contribution in [0.5, 0.6) is 11.5 Å². The number of sulfonamides is 1. The number of hydrogen-bond acceptors (Lipinski definition) is 6. The van der Waals surface area contributed by atoms with Crippen LogP contribution < -0.4 is 20.1 Å². The van der Waals surface area contributed by atoms with E-state index in [0.29, 0.717) is 30.0 Å². The molecule has 2 aliphatic heterocycles. The van der Waals surface area contributed by atoms with Crippen LogP contribution in [-0.2, 0) is 26.0 Å². The molecule has 2 heterocycles. The quantitative estimate of drug-likeness (QED) is 0.690. The van der Waals surface area contributed by atoms with Gasteiger partial charge in [-0.2, -0.15) is 4.31 Å². The highest BCUT2D eigenvalue weighted by molar-refractivity contribution is 7.89. The number of fused-ring (bicyclic) bond motifs is 2. The lowest BCUT2D eigenvalue weighted by Crippen LogP contribution is -2.44. The molecule has 10 heteroatoms. The number of rotatable bonds is 6. The van der Waals surface area contributed by atoms with Crippen molar-refractivity contribution in [1.29, 1.82) is 0 Å². The lowest BCUT2D eigenvalue weighted by Gasteiger charge is -2.26. The smallest absolute Gasteiger partial charge is 0.243 e. The lowest BCUT2D eigenvalue weighted by molar-refractivity contribution is -0.121. The molecule has 2 aromatic rings. The topological polar surface area (TPSA) is 114 Å². The van der Waals surface area contributed by atoms with Gasteiger partial charge in [-0.25, -0.2) is 8.42 Å². The van der Waals surface area contributed by atoms with Crippen LogP contribution >= 0.6 is 0 Å². The first-order valence-electron chi connectivity index (χ1n) is 9.87. The molecule has 0 aliphatic carbocycles. The van der Waals surface area contributed by atoms with Crippen molar-refractivity contribution in [1.82, 2.24) is 9.62 Å². The van der Waals surface area contributed by atoms with Crippen molar-refractivity contribution >= 4 is 27.5 Å². The second kappa shape index (κ2) is 8.56. The lowest BCUT2D eigenvalue weighted by atomic mass is 10.0. The molecule has 0 saturated heterocycles. The molecule has 164 valence electrons. The van der Waals surface area contributed by atoms with Gasteiger partial charge in [0.15, 0.2) is 11.5 Å². The first kappa shape index (κ1) is 21.1. The van der Waals surface area contributed by atoms with Gasteiger partial charge in [-0.05, 0) is 42.3 Å². The zero-order valence-electron chi connectivity index (χ0n) is 17.0. The van der Waals surface area contributed by atoms with Gasteiger partial charge in [0.1, 0.15) is 12.7 Å². The third kappa shape index (κ3) is 4.64. The van der Waals surface area contributed by atoms with E-state index < -0.39 is 15.9 Å². The van der Waals surface area contributed by atoms with E-state index in [1.165, 1.54) is 13.1 Å². The summed E-state index contributed by atoms with van der Waals surface area (Å²) in [5.41, 5.74) is 1.38. The Labute approximate surface area is 180 Å². The van der Waals surface area contributed by atoms with Crippen LogP contribution in [0.4, 0.5) is 5.69 Å². The van der Waals surface area contributed by atoms with Crippen LogP contribution in [0.15, 0.2) is 47.4 Å². The highest BCUT2D eigenvalue weighted by Gasteiger charge is 2.26. The average molecular weight is 445 g/mol. The Hall–Kier alpha value is -3.11. The predicted molar refractivity (Wildman–Crippen MR) is 113 cm³/mol. The van der Waals surface area contributed by atoms with Gasteiger partial charge in [0.2, 0.25) is 21.8 Å². The second-order valence-corrected chi connectivity index (χ2v) is 9.47. The highest BCUT2D eigenvalue weighted by atomic mass is 32.2. The molecule has 4 rings (SSSR count). The number of nitrogens with one attached hydrogen (secondary N) is 2. The number of benzene rings is 2. The number of likely N-dealkylation sites (N-methyl/N-ethyl adjacent to an activating group) is 1. The van der Waals surface area contributed by atoms with Gasteiger partial charge in [-0.1, -0.05) is 12.1 Å². The molecule has 0 radical (unpaired) electrons. The number of para-hydroxylation sites is 2. The third-order valence-corrected chi connectivity index (χ3v) is 6.94. The number of aryl methyl sites for hydroxylation is 1.